The third-order valence-corrected chi connectivity index (χ3v) is 4.82. The summed E-state index contributed by atoms with van der Waals surface area (Å²) in [6.45, 7) is 2.54. The van der Waals surface area contributed by atoms with E-state index in [2.05, 4.69) is 22.4 Å². The number of hydrogen-bond donors (Lipinski definition) is 1. The summed E-state index contributed by atoms with van der Waals surface area (Å²) in [4.78, 5) is 22.5. The lowest BCUT2D eigenvalue weighted by Gasteiger charge is -2.05. The first-order chi connectivity index (χ1) is 13.5. The lowest BCUT2D eigenvalue weighted by molar-refractivity contribution is -0.384. The van der Waals surface area contributed by atoms with Crippen LogP contribution in [0.15, 0.2) is 48.5 Å². The van der Waals surface area contributed by atoms with Gasteiger partial charge in [-0.3, -0.25) is 20.2 Å². The molecule has 0 saturated carbocycles. The van der Waals surface area contributed by atoms with Crippen LogP contribution in [0.5, 0.6) is 5.75 Å². The molecule has 0 unspecified atom stereocenters. The maximum absolute atomic E-state index is 12.2. The van der Waals surface area contributed by atoms with Gasteiger partial charge in [0.25, 0.3) is 11.6 Å². The number of aromatic nitrogens is 2. The average Bonchev–Trinajstić information content (AvgIpc) is 3.15. The summed E-state index contributed by atoms with van der Waals surface area (Å²) in [5.74, 6) is 0.319. The van der Waals surface area contributed by atoms with E-state index in [0.717, 1.165) is 17.2 Å². The topological polar surface area (TPSA) is 107 Å². The molecule has 0 saturated heterocycles. The quantitative estimate of drug-likeness (QED) is 0.456. The Morgan fingerprint density at radius 3 is 2.71 bits per heavy atom. The number of carbonyl (C=O) groups is 1. The summed E-state index contributed by atoms with van der Waals surface area (Å²) in [6, 6.07) is 13.4. The van der Waals surface area contributed by atoms with Crippen molar-refractivity contribution in [3.8, 4) is 5.75 Å². The highest BCUT2D eigenvalue weighted by atomic mass is 32.1. The molecular formula is C19H18N4O4S. The van der Waals surface area contributed by atoms with E-state index in [1.54, 1.807) is 0 Å². The molecule has 0 fully saturated rings. The van der Waals surface area contributed by atoms with Gasteiger partial charge in [-0.2, -0.15) is 0 Å². The van der Waals surface area contributed by atoms with E-state index in [9.17, 15) is 14.9 Å². The SMILES string of the molecule is CCc1ccc(OCCc2nnc(NC(=O)c3cccc([N+](=O)[O-])c3)s2)cc1. The monoisotopic (exact) mass is 398 g/mol. The molecule has 0 aliphatic carbocycles. The summed E-state index contributed by atoms with van der Waals surface area (Å²) >= 11 is 1.24. The normalized spacial score (nSPS) is 10.5. The van der Waals surface area contributed by atoms with Gasteiger partial charge in [0.1, 0.15) is 10.8 Å². The number of nitro benzene ring substituents is 1. The van der Waals surface area contributed by atoms with E-state index >= 15 is 0 Å². The Bertz CT molecular complexity index is 972. The fourth-order valence-electron chi connectivity index (χ4n) is 2.41. The molecule has 0 spiro atoms. The number of rotatable bonds is 8. The van der Waals surface area contributed by atoms with Gasteiger partial charge in [-0.25, -0.2) is 0 Å². The number of non-ortho nitro benzene ring substituents is 1. The lowest BCUT2D eigenvalue weighted by Crippen LogP contribution is -2.11. The maximum Gasteiger partial charge on any atom is 0.270 e. The van der Waals surface area contributed by atoms with Crippen LogP contribution in [0.2, 0.25) is 0 Å². The first-order valence-electron chi connectivity index (χ1n) is 8.65. The fraction of sp³-hybridized carbons (Fsp3) is 0.211. The van der Waals surface area contributed by atoms with Crippen LogP contribution in [0.4, 0.5) is 10.8 Å². The Balaban J connectivity index is 1.52. The minimum atomic E-state index is -0.546. The van der Waals surface area contributed by atoms with Crippen molar-refractivity contribution in [3.05, 3.63) is 74.8 Å². The molecule has 3 rings (SSSR count). The zero-order chi connectivity index (χ0) is 19.9. The zero-order valence-electron chi connectivity index (χ0n) is 15.1. The van der Waals surface area contributed by atoms with Crippen molar-refractivity contribution in [1.82, 2.24) is 10.2 Å². The van der Waals surface area contributed by atoms with Crippen molar-refractivity contribution in [2.24, 2.45) is 0 Å². The highest BCUT2D eigenvalue weighted by Crippen LogP contribution is 2.19. The molecule has 8 nitrogen and oxygen atoms in total. The number of nitrogens with zero attached hydrogens (tertiary/aromatic N) is 3. The Hall–Kier alpha value is -3.33. The van der Waals surface area contributed by atoms with E-state index in [4.69, 9.17) is 4.74 Å². The van der Waals surface area contributed by atoms with Crippen molar-refractivity contribution in [1.29, 1.82) is 0 Å². The molecule has 0 bridgehead atoms. The fourth-order valence-corrected chi connectivity index (χ4v) is 3.13. The minimum Gasteiger partial charge on any atom is -0.493 e. The second-order valence-electron chi connectivity index (χ2n) is 5.86. The second-order valence-corrected chi connectivity index (χ2v) is 6.92. The van der Waals surface area contributed by atoms with E-state index in [1.807, 2.05) is 24.3 Å². The molecule has 0 radical (unpaired) electrons. The molecule has 1 amide bonds. The van der Waals surface area contributed by atoms with Crippen molar-refractivity contribution in [2.45, 2.75) is 19.8 Å². The van der Waals surface area contributed by atoms with Gasteiger partial charge < -0.3 is 4.74 Å². The third kappa shape index (κ3) is 5.10. The number of nitro groups is 1. The molecule has 2 aromatic carbocycles. The standard InChI is InChI=1S/C19H18N4O4S/c1-2-13-6-8-16(9-7-13)27-11-10-17-21-22-19(28-17)20-18(24)14-4-3-5-15(12-14)23(25)26/h3-9,12H,2,10-11H2,1H3,(H,20,22,24). The van der Waals surface area contributed by atoms with Crippen molar-refractivity contribution >= 4 is 28.1 Å². The average molecular weight is 398 g/mol. The summed E-state index contributed by atoms with van der Waals surface area (Å²) in [5.41, 5.74) is 1.29. The number of amides is 1. The van der Waals surface area contributed by atoms with Gasteiger partial charge in [0.05, 0.1) is 11.5 Å². The molecule has 28 heavy (non-hydrogen) atoms. The van der Waals surface area contributed by atoms with Crippen molar-refractivity contribution < 1.29 is 14.5 Å². The smallest absolute Gasteiger partial charge is 0.270 e. The third-order valence-electron chi connectivity index (χ3n) is 3.92. The molecule has 144 valence electrons. The van der Waals surface area contributed by atoms with Gasteiger partial charge in [-0.05, 0) is 30.2 Å². The van der Waals surface area contributed by atoms with Crippen LogP contribution in [-0.2, 0) is 12.8 Å². The molecule has 3 aromatic rings. The van der Waals surface area contributed by atoms with Crippen LogP contribution in [-0.4, -0.2) is 27.6 Å². The number of anilines is 1. The molecule has 0 aliphatic heterocycles. The first kappa shape index (κ1) is 19.4. The number of aryl methyl sites for hydroxylation is 1. The molecule has 1 N–H and O–H groups in total. The maximum atomic E-state index is 12.2. The molecule has 0 aliphatic rings. The Morgan fingerprint density at radius 1 is 1.21 bits per heavy atom. The van der Waals surface area contributed by atoms with E-state index in [-0.39, 0.29) is 11.3 Å². The van der Waals surface area contributed by atoms with Crippen LogP contribution < -0.4 is 10.1 Å². The van der Waals surface area contributed by atoms with E-state index in [0.29, 0.717) is 18.2 Å². The first-order valence-corrected chi connectivity index (χ1v) is 9.46. The summed E-state index contributed by atoms with van der Waals surface area (Å²) in [6.07, 6.45) is 1.54. The number of carbonyl (C=O) groups excluding carboxylic acids is 1. The Labute approximate surface area is 165 Å². The van der Waals surface area contributed by atoms with Crippen LogP contribution in [0.3, 0.4) is 0 Å². The van der Waals surface area contributed by atoms with E-state index < -0.39 is 10.8 Å². The van der Waals surface area contributed by atoms with Crippen molar-refractivity contribution in [3.63, 3.8) is 0 Å². The molecule has 1 heterocycles. The van der Waals surface area contributed by atoms with Gasteiger partial charge in [0.2, 0.25) is 5.13 Å². The lowest BCUT2D eigenvalue weighted by atomic mass is 10.2. The summed E-state index contributed by atoms with van der Waals surface area (Å²) in [7, 11) is 0. The van der Waals surface area contributed by atoms with Crippen LogP contribution in [0.25, 0.3) is 0 Å². The predicted octanol–water partition coefficient (Wildman–Crippen LogP) is 3.88. The van der Waals surface area contributed by atoms with Gasteiger partial charge in [0.15, 0.2) is 0 Å². The molecule has 9 heteroatoms. The molecular weight excluding hydrogens is 380 g/mol. The van der Waals surface area contributed by atoms with Crippen molar-refractivity contribution in [2.75, 3.05) is 11.9 Å². The van der Waals surface area contributed by atoms with Gasteiger partial charge >= 0.3 is 0 Å². The van der Waals surface area contributed by atoms with Crippen LogP contribution in [0, 0.1) is 10.1 Å². The summed E-state index contributed by atoms with van der Waals surface area (Å²) < 4.78 is 5.69. The molecule has 0 atom stereocenters. The largest absolute Gasteiger partial charge is 0.493 e. The zero-order valence-corrected chi connectivity index (χ0v) is 15.9. The second kappa shape index (κ2) is 9.05. The summed E-state index contributed by atoms with van der Waals surface area (Å²) in [5, 5.41) is 22.4. The Morgan fingerprint density at radius 2 is 2.00 bits per heavy atom. The predicted molar refractivity (Wildman–Crippen MR) is 106 cm³/mol. The number of benzene rings is 2. The van der Waals surface area contributed by atoms with Gasteiger partial charge in [0, 0.05) is 24.1 Å². The van der Waals surface area contributed by atoms with Gasteiger partial charge in [-0.15, -0.1) is 10.2 Å². The number of nitrogens with one attached hydrogen (secondary N) is 1. The van der Waals surface area contributed by atoms with Gasteiger partial charge in [-0.1, -0.05) is 36.5 Å². The number of hydrogen-bond acceptors (Lipinski definition) is 7. The minimum absolute atomic E-state index is 0.144. The van der Waals surface area contributed by atoms with E-state index in [1.165, 1.54) is 41.2 Å². The number of ether oxygens (including phenoxy) is 1. The molecule has 1 aromatic heterocycles. The highest BCUT2D eigenvalue weighted by Gasteiger charge is 2.14. The highest BCUT2D eigenvalue weighted by molar-refractivity contribution is 7.15. The van der Waals surface area contributed by atoms with Crippen LogP contribution in [0.1, 0.15) is 27.9 Å². The Kier molecular flexibility index (Phi) is 6.28. The van der Waals surface area contributed by atoms with Crippen LogP contribution >= 0.6 is 11.3 Å².